The van der Waals surface area contributed by atoms with E-state index < -0.39 is 0 Å². The molecule has 0 aliphatic rings. The van der Waals surface area contributed by atoms with Crippen LogP contribution in [-0.2, 0) is 6.54 Å². The molecule has 1 atom stereocenters. The predicted octanol–water partition coefficient (Wildman–Crippen LogP) is 5.10. The lowest BCUT2D eigenvalue weighted by atomic mass is 9.99. The van der Waals surface area contributed by atoms with E-state index in [4.69, 9.17) is 22.1 Å². The lowest BCUT2D eigenvalue weighted by Crippen LogP contribution is -1.97. The van der Waals surface area contributed by atoms with Crippen LogP contribution in [-0.4, -0.2) is 0 Å². The summed E-state index contributed by atoms with van der Waals surface area (Å²) in [5, 5.41) is 0.640. The summed E-state index contributed by atoms with van der Waals surface area (Å²) in [6.45, 7) is 4.85. The normalized spacial score (nSPS) is 12.2. The molecule has 0 fully saturated rings. The minimum Gasteiger partial charge on any atom is -0.457 e. The number of hydrogen-bond acceptors (Lipinski definition) is 2. The van der Waals surface area contributed by atoms with E-state index >= 15 is 0 Å². The highest BCUT2D eigenvalue weighted by molar-refractivity contribution is 6.31. The van der Waals surface area contributed by atoms with Crippen molar-refractivity contribution in [2.75, 3.05) is 0 Å². The van der Waals surface area contributed by atoms with Crippen LogP contribution in [0.15, 0.2) is 42.5 Å². The Kier molecular flexibility index (Phi) is 5.05. The van der Waals surface area contributed by atoms with Crippen LogP contribution < -0.4 is 10.5 Å². The van der Waals surface area contributed by atoms with Gasteiger partial charge in [0.2, 0.25) is 0 Å². The second kappa shape index (κ2) is 6.78. The molecule has 0 saturated heterocycles. The highest BCUT2D eigenvalue weighted by atomic mass is 35.5. The van der Waals surface area contributed by atoms with Gasteiger partial charge >= 0.3 is 0 Å². The second-order valence-corrected chi connectivity index (χ2v) is 5.34. The van der Waals surface area contributed by atoms with Crippen molar-refractivity contribution in [2.24, 2.45) is 5.73 Å². The van der Waals surface area contributed by atoms with Crippen molar-refractivity contribution in [2.45, 2.75) is 32.7 Å². The Morgan fingerprint density at radius 2 is 1.75 bits per heavy atom. The molecule has 106 valence electrons. The van der Waals surface area contributed by atoms with E-state index in [-0.39, 0.29) is 0 Å². The fourth-order valence-electron chi connectivity index (χ4n) is 1.99. The minimum atomic E-state index is 0.433. The Labute approximate surface area is 125 Å². The molecule has 0 aromatic heterocycles. The maximum absolute atomic E-state index is 6.12. The molecule has 0 amide bonds. The highest BCUT2D eigenvalue weighted by Crippen LogP contribution is 2.28. The van der Waals surface area contributed by atoms with E-state index in [0.717, 1.165) is 23.5 Å². The van der Waals surface area contributed by atoms with Crippen LogP contribution >= 0.6 is 11.6 Å². The second-order valence-electron chi connectivity index (χ2n) is 4.94. The molecular weight excluding hydrogens is 270 g/mol. The van der Waals surface area contributed by atoms with Crippen LogP contribution in [0.2, 0.25) is 5.02 Å². The molecule has 0 bridgehead atoms. The van der Waals surface area contributed by atoms with Crippen LogP contribution in [0.5, 0.6) is 11.5 Å². The van der Waals surface area contributed by atoms with Gasteiger partial charge in [0.05, 0.1) is 0 Å². The molecule has 0 aliphatic carbocycles. The molecule has 1 unspecified atom stereocenters. The van der Waals surface area contributed by atoms with Gasteiger partial charge in [-0.05, 0) is 47.7 Å². The first-order chi connectivity index (χ1) is 9.63. The van der Waals surface area contributed by atoms with Crippen molar-refractivity contribution >= 4 is 11.6 Å². The maximum atomic E-state index is 6.12. The van der Waals surface area contributed by atoms with E-state index in [2.05, 4.69) is 26.0 Å². The van der Waals surface area contributed by atoms with Gasteiger partial charge in [-0.3, -0.25) is 0 Å². The quantitative estimate of drug-likeness (QED) is 0.830. The summed E-state index contributed by atoms with van der Waals surface area (Å²) in [7, 11) is 0. The number of halogens is 1. The third-order valence-electron chi connectivity index (χ3n) is 3.54. The number of rotatable bonds is 5. The van der Waals surface area contributed by atoms with Crippen LogP contribution in [0.1, 0.15) is 37.3 Å². The van der Waals surface area contributed by atoms with Gasteiger partial charge in [0.25, 0.3) is 0 Å². The topological polar surface area (TPSA) is 35.2 Å². The standard InChI is InChI=1S/C17H20ClNO/c1-3-12(2)13-4-7-15(8-5-13)20-16-9-6-14(11-19)17(18)10-16/h4-10,12H,3,11,19H2,1-2H3. The highest BCUT2D eigenvalue weighted by Gasteiger charge is 2.05. The van der Waals surface area contributed by atoms with Crippen molar-refractivity contribution < 1.29 is 4.74 Å². The number of ether oxygens (including phenoxy) is 1. The van der Waals surface area contributed by atoms with E-state index in [1.54, 1.807) is 6.07 Å². The van der Waals surface area contributed by atoms with Crippen molar-refractivity contribution in [1.29, 1.82) is 0 Å². The smallest absolute Gasteiger partial charge is 0.128 e. The zero-order chi connectivity index (χ0) is 14.5. The summed E-state index contributed by atoms with van der Waals surface area (Å²) in [6.07, 6.45) is 1.14. The first-order valence-corrected chi connectivity index (χ1v) is 7.28. The summed E-state index contributed by atoms with van der Waals surface area (Å²) in [6, 6.07) is 13.8. The Balaban J connectivity index is 2.12. The summed E-state index contributed by atoms with van der Waals surface area (Å²) < 4.78 is 5.80. The summed E-state index contributed by atoms with van der Waals surface area (Å²) >= 11 is 6.12. The van der Waals surface area contributed by atoms with Gasteiger partial charge in [-0.15, -0.1) is 0 Å². The maximum Gasteiger partial charge on any atom is 0.128 e. The van der Waals surface area contributed by atoms with E-state index in [9.17, 15) is 0 Å². The van der Waals surface area contributed by atoms with Gasteiger partial charge in [-0.25, -0.2) is 0 Å². The predicted molar refractivity (Wildman–Crippen MR) is 84.6 cm³/mol. The van der Waals surface area contributed by atoms with Crippen molar-refractivity contribution in [3.8, 4) is 11.5 Å². The fraction of sp³-hybridized carbons (Fsp3) is 0.294. The van der Waals surface area contributed by atoms with Crippen molar-refractivity contribution in [1.82, 2.24) is 0 Å². The molecule has 2 nitrogen and oxygen atoms in total. The molecule has 0 spiro atoms. The molecule has 2 aromatic rings. The minimum absolute atomic E-state index is 0.433. The van der Waals surface area contributed by atoms with Gasteiger partial charge in [-0.2, -0.15) is 0 Å². The van der Waals surface area contributed by atoms with Gasteiger partial charge in [0.1, 0.15) is 11.5 Å². The molecule has 0 heterocycles. The third kappa shape index (κ3) is 3.53. The van der Waals surface area contributed by atoms with Gasteiger partial charge in [-0.1, -0.05) is 43.6 Å². The molecule has 20 heavy (non-hydrogen) atoms. The average molecular weight is 290 g/mol. The summed E-state index contributed by atoms with van der Waals surface area (Å²) in [5.74, 6) is 2.11. The van der Waals surface area contributed by atoms with Gasteiger partial charge < -0.3 is 10.5 Å². The largest absolute Gasteiger partial charge is 0.457 e. The lowest BCUT2D eigenvalue weighted by molar-refractivity contribution is 0.482. The van der Waals surface area contributed by atoms with Crippen LogP contribution in [0, 0.1) is 0 Å². The summed E-state index contributed by atoms with van der Waals surface area (Å²) in [4.78, 5) is 0. The third-order valence-corrected chi connectivity index (χ3v) is 3.89. The molecule has 3 heteroatoms. The van der Waals surface area contributed by atoms with E-state index in [1.807, 2.05) is 24.3 Å². The molecular formula is C17H20ClNO. The Hall–Kier alpha value is -1.51. The fourth-order valence-corrected chi connectivity index (χ4v) is 2.24. The molecule has 2 aromatic carbocycles. The number of hydrogen-bond donors (Lipinski definition) is 1. The Morgan fingerprint density at radius 3 is 2.30 bits per heavy atom. The van der Waals surface area contributed by atoms with E-state index in [0.29, 0.717) is 17.5 Å². The van der Waals surface area contributed by atoms with E-state index in [1.165, 1.54) is 5.56 Å². The first-order valence-electron chi connectivity index (χ1n) is 6.90. The van der Waals surface area contributed by atoms with Gasteiger partial charge in [0, 0.05) is 11.6 Å². The lowest BCUT2D eigenvalue weighted by Gasteiger charge is -2.11. The zero-order valence-corrected chi connectivity index (χ0v) is 12.7. The first kappa shape index (κ1) is 14.9. The van der Waals surface area contributed by atoms with Crippen molar-refractivity contribution in [3.05, 3.63) is 58.6 Å². The van der Waals surface area contributed by atoms with Crippen LogP contribution in [0.25, 0.3) is 0 Å². The van der Waals surface area contributed by atoms with Crippen LogP contribution in [0.3, 0.4) is 0 Å². The average Bonchev–Trinajstić information content (AvgIpc) is 2.47. The van der Waals surface area contributed by atoms with Crippen molar-refractivity contribution in [3.63, 3.8) is 0 Å². The molecule has 2 N–H and O–H groups in total. The summed E-state index contributed by atoms with van der Waals surface area (Å²) in [5.41, 5.74) is 7.84. The Morgan fingerprint density at radius 1 is 1.10 bits per heavy atom. The Bertz CT molecular complexity index is 566. The molecule has 0 aliphatic heterocycles. The molecule has 2 rings (SSSR count). The molecule has 0 radical (unpaired) electrons. The van der Waals surface area contributed by atoms with Gasteiger partial charge in [0.15, 0.2) is 0 Å². The molecule has 0 saturated carbocycles. The number of nitrogens with two attached hydrogens (primary N) is 1. The van der Waals surface area contributed by atoms with Crippen LogP contribution in [0.4, 0.5) is 0 Å². The number of benzene rings is 2. The zero-order valence-electron chi connectivity index (χ0n) is 11.9. The SMILES string of the molecule is CCC(C)c1ccc(Oc2ccc(CN)c(Cl)c2)cc1. The monoisotopic (exact) mass is 289 g/mol.